The van der Waals surface area contributed by atoms with Gasteiger partial charge in [0.1, 0.15) is 11.2 Å². The number of rotatable bonds is 3. The van der Waals surface area contributed by atoms with Gasteiger partial charge in [-0.1, -0.05) is 178 Å². The first-order valence-corrected chi connectivity index (χ1v) is 22.4. The fourth-order valence-corrected chi connectivity index (χ4v) is 11.5. The Kier molecular flexibility index (Phi) is 7.24. The number of hydrogen-bond donors (Lipinski definition) is 0. The van der Waals surface area contributed by atoms with Crippen molar-refractivity contribution in [3.63, 3.8) is 0 Å². The Balaban J connectivity index is 0.948. The molecule has 1 nitrogen and oxygen atoms in total. The standard InChI is InChI=1S/C63H40O/c1-63(2)56-28-24-40(35-55(56)62-44-15-6-5-12-37(44)23-29-57(62)63)41-25-30-58-53(34-41)54-36-43(26-31-59(54)64-58)60-48-16-7-9-18-50(48)61(51-19-10-8-17-49(51)60)47-21-11-20-45-46(47)27-22-42-32-38-13-3-4-14-39(38)33-52(42)45/h3-36H,1-2H3. The predicted octanol–water partition coefficient (Wildman–Crippen LogP) is 17.8. The summed E-state index contributed by atoms with van der Waals surface area (Å²) >= 11 is 0. The molecule has 0 unspecified atom stereocenters. The highest BCUT2D eigenvalue weighted by Crippen LogP contribution is 2.53. The van der Waals surface area contributed by atoms with Gasteiger partial charge in [-0.3, -0.25) is 0 Å². The van der Waals surface area contributed by atoms with Crippen molar-refractivity contribution >= 4 is 86.6 Å². The summed E-state index contributed by atoms with van der Waals surface area (Å²) in [5, 5.41) is 17.4. The molecule has 64 heavy (non-hydrogen) atoms. The van der Waals surface area contributed by atoms with Crippen LogP contribution >= 0.6 is 0 Å². The first-order chi connectivity index (χ1) is 31.5. The van der Waals surface area contributed by atoms with E-state index in [9.17, 15) is 0 Å². The van der Waals surface area contributed by atoms with E-state index in [1.54, 1.807) is 0 Å². The molecule has 298 valence electrons. The minimum absolute atomic E-state index is 0.0691. The monoisotopic (exact) mass is 812 g/mol. The molecule has 0 N–H and O–H groups in total. The zero-order chi connectivity index (χ0) is 42.3. The van der Waals surface area contributed by atoms with Crippen LogP contribution in [-0.2, 0) is 5.41 Å². The molecule has 12 aromatic carbocycles. The second-order valence-electron chi connectivity index (χ2n) is 18.3. The van der Waals surface area contributed by atoms with Gasteiger partial charge in [0.2, 0.25) is 0 Å². The van der Waals surface area contributed by atoms with Crippen molar-refractivity contribution < 1.29 is 4.42 Å². The molecule has 14 rings (SSSR count). The average molecular weight is 813 g/mol. The van der Waals surface area contributed by atoms with Crippen LogP contribution < -0.4 is 0 Å². The van der Waals surface area contributed by atoms with Crippen molar-refractivity contribution in [1.82, 2.24) is 0 Å². The molecule has 13 aromatic rings. The molecule has 0 aliphatic heterocycles. The Bertz CT molecular complexity index is 4100. The third kappa shape index (κ3) is 4.95. The van der Waals surface area contributed by atoms with Gasteiger partial charge in [-0.25, -0.2) is 0 Å². The summed E-state index contributed by atoms with van der Waals surface area (Å²) in [6, 6.07) is 76.8. The maximum Gasteiger partial charge on any atom is 0.135 e. The van der Waals surface area contributed by atoms with E-state index in [0.29, 0.717) is 0 Å². The fourth-order valence-electron chi connectivity index (χ4n) is 11.5. The van der Waals surface area contributed by atoms with E-state index < -0.39 is 0 Å². The maximum atomic E-state index is 6.58. The molecule has 1 aromatic heterocycles. The average Bonchev–Trinajstić information content (AvgIpc) is 3.82. The van der Waals surface area contributed by atoms with E-state index in [1.807, 2.05) is 0 Å². The highest BCUT2D eigenvalue weighted by Gasteiger charge is 2.36. The molecule has 0 bridgehead atoms. The molecule has 0 atom stereocenters. The van der Waals surface area contributed by atoms with Gasteiger partial charge >= 0.3 is 0 Å². The Labute approximate surface area is 370 Å². The van der Waals surface area contributed by atoms with Gasteiger partial charge in [0.15, 0.2) is 0 Å². The normalized spacial score (nSPS) is 13.3. The van der Waals surface area contributed by atoms with E-state index in [1.165, 1.54) is 120 Å². The van der Waals surface area contributed by atoms with Gasteiger partial charge in [-0.15, -0.1) is 0 Å². The lowest BCUT2D eigenvalue weighted by atomic mass is 9.82. The summed E-state index contributed by atoms with van der Waals surface area (Å²) in [6.45, 7) is 4.72. The van der Waals surface area contributed by atoms with Crippen LogP contribution in [0.2, 0.25) is 0 Å². The van der Waals surface area contributed by atoms with Crippen LogP contribution in [0.25, 0.3) is 131 Å². The van der Waals surface area contributed by atoms with Crippen LogP contribution in [0.1, 0.15) is 25.0 Å². The molecule has 0 amide bonds. The summed E-state index contributed by atoms with van der Waals surface area (Å²) in [7, 11) is 0. The second-order valence-corrected chi connectivity index (χ2v) is 18.3. The van der Waals surface area contributed by atoms with Crippen molar-refractivity contribution in [3.05, 3.63) is 217 Å². The van der Waals surface area contributed by atoms with Gasteiger partial charge in [-0.05, 0) is 163 Å². The smallest absolute Gasteiger partial charge is 0.135 e. The Hall–Kier alpha value is -8.00. The zero-order valence-electron chi connectivity index (χ0n) is 35.5. The summed E-state index contributed by atoms with van der Waals surface area (Å²) < 4.78 is 6.58. The van der Waals surface area contributed by atoms with E-state index >= 15 is 0 Å². The van der Waals surface area contributed by atoms with Crippen LogP contribution in [0.4, 0.5) is 0 Å². The van der Waals surface area contributed by atoms with Crippen LogP contribution in [0.15, 0.2) is 211 Å². The lowest BCUT2D eigenvalue weighted by Crippen LogP contribution is -2.14. The molecule has 1 heterocycles. The third-order valence-corrected chi connectivity index (χ3v) is 14.6. The molecule has 0 saturated heterocycles. The third-order valence-electron chi connectivity index (χ3n) is 14.6. The topological polar surface area (TPSA) is 13.1 Å². The van der Waals surface area contributed by atoms with Gasteiger partial charge < -0.3 is 4.42 Å². The van der Waals surface area contributed by atoms with E-state index in [0.717, 1.165) is 21.9 Å². The molecule has 0 spiro atoms. The molecule has 1 aliphatic rings. The van der Waals surface area contributed by atoms with Crippen LogP contribution in [0.5, 0.6) is 0 Å². The summed E-state index contributed by atoms with van der Waals surface area (Å²) in [6.07, 6.45) is 0. The first kappa shape index (κ1) is 35.6. The largest absolute Gasteiger partial charge is 0.456 e. The quantitative estimate of drug-likeness (QED) is 0.128. The Morgan fingerprint density at radius 2 is 0.828 bits per heavy atom. The highest BCUT2D eigenvalue weighted by molar-refractivity contribution is 6.26. The second kappa shape index (κ2) is 13.0. The Morgan fingerprint density at radius 1 is 0.281 bits per heavy atom. The van der Waals surface area contributed by atoms with E-state index in [4.69, 9.17) is 4.42 Å². The van der Waals surface area contributed by atoms with Crippen LogP contribution in [-0.4, -0.2) is 0 Å². The zero-order valence-corrected chi connectivity index (χ0v) is 35.5. The molecule has 1 heteroatoms. The predicted molar refractivity (Wildman–Crippen MR) is 273 cm³/mol. The molecular formula is C63H40O. The van der Waals surface area contributed by atoms with Crippen molar-refractivity contribution in [1.29, 1.82) is 0 Å². The van der Waals surface area contributed by atoms with E-state index in [-0.39, 0.29) is 5.41 Å². The summed E-state index contributed by atoms with van der Waals surface area (Å²) in [4.78, 5) is 0. The molecule has 0 saturated carbocycles. The molecule has 1 aliphatic carbocycles. The van der Waals surface area contributed by atoms with Crippen molar-refractivity contribution in [2.45, 2.75) is 19.3 Å². The van der Waals surface area contributed by atoms with Crippen molar-refractivity contribution in [2.75, 3.05) is 0 Å². The minimum Gasteiger partial charge on any atom is -0.456 e. The SMILES string of the molecule is CC1(C)c2ccc(-c3ccc4oc5ccc(-c6c7ccccc7c(-c7cccc8c7ccc7cc9ccccc9cc78)c7ccccc67)cc5c4c3)cc2-c2c1ccc1ccccc21. The van der Waals surface area contributed by atoms with Crippen LogP contribution in [0.3, 0.4) is 0 Å². The summed E-state index contributed by atoms with van der Waals surface area (Å²) in [5.74, 6) is 0. The molecular weight excluding hydrogens is 773 g/mol. The molecule has 0 radical (unpaired) electrons. The highest BCUT2D eigenvalue weighted by atomic mass is 16.3. The maximum absolute atomic E-state index is 6.58. The Morgan fingerprint density at radius 3 is 1.56 bits per heavy atom. The lowest BCUT2D eigenvalue weighted by molar-refractivity contribution is 0.661. The first-order valence-electron chi connectivity index (χ1n) is 22.4. The number of furan rings is 1. The number of hydrogen-bond acceptors (Lipinski definition) is 1. The number of benzene rings is 12. The van der Waals surface area contributed by atoms with Gasteiger partial charge in [0, 0.05) is 16.2 Å². The van der Waals surface area contributed by atoms with Gasteiger partial charge in [0.05, 0.1) is 0 Å². The lowest BCUT2D eigenvalue weighted by Gasteiger charge is -2.21. The fraction of sp³-hybridized carbons (Fsp3) is 0.0476. The van der Waals surface area contributed by atoms with Crippen molar-refractivity contribution in [3.8, 4) is 44.5 Å². The molecule has 0 fully saturated rings. The minimum atomic E-state index is -0.0691. The van der Waals surface area contributed by atoms with Crippen LogP contribution in [0, 0.1) is 0 Å². The summed E-state index contributed by atoms with van der Waals surface area (Å²) in [5.41, 5.74) is 14.6. The number of fused-ring (bicyclic) bond motifs is 14. The van der Waals surface area contributed by atoms with Gasteiger partial charge in [0.25, 0.3) is 0 Å². The van der Waals surface area contributed by atoms with E-state index in [2.05, 4.69) is 220 Å². The van der Waals surface area contributed by atoms with Gasteiger partial charge in [-0.2, -0.15) is 0 Å². The van der Waals surface area contributed by atoms with Crippen molar-refractivity contribution in [2.24, 2.45) is 0 Å².